The Kier molecular flexibility index (Phi) is 3.75. The topological polar surface area (TPSA) is 39.9 Å². The first-order valence-electron chi connectivity index (χ1n) is 6.32. The first kappa shape index (κ1) is 12.1. The molecule has 1 aliphatic heterocycles. The van der Waals surface area contributed by atoms with Gasteiger partial charge in [0.25, 0.3) is 0 Å². The summed E-state index contributed by atoms with van der Waals surface area (Å²) in [5.41, 5.74) is 1.62. The molecule has 3 nitrogen and oxygen atoms in total. The van der Waals surface area contributed by atoms with Crippen molar-refractivity contribution in [2.75, 3.05) is 0 Å². The number of nitrogens with zero attached hydrogens (tertiary/aromatic N) is 3. The van der Waals surface area contributed by atoms with E-state index in [9.17, 15) is 0 Å². The summed E-state index contributed by atoms with van der Waals surface area (Å²) in [5.74, 6) is 0. The summed E-state index contributed by atoms with van der Waals surface area (Å²) in [4.78, 5) is 6.61. The van der Waals surface area contributed by atoms with Crippen LogP contribution in [0.5, 0.6) is 0 Å². The van der Waals surface area contributed by atoms with E-state index >= 15 is 0 Å². The molecule has 2 heterocycles. The van der Waals surface area contributed by atoms with E-state index in [4.69, 9.17) is 5.26 Å². The predicted molar refractivity (Wildman–Crippen MR) is 67.3 cm³/mol. The molecule has 3 heteroatoms. The molecule has 1 saturated heterocycles. The SMILES string of the molecule is C[C@@H]1CCC[C@H](C)N1Cc1cccnc1C#N. The van der Waals surface area contributed by atoms with Crippen LogP contribution >= 0.6 is 0 Å². The van der Waals surface area contributed by atoms with Crippen LogP contribution < -0.4 is 0 Å². The highest BCUT2D eigenvalue weighted by molar-refractivity contribution is 5.30. The molecule has 1 aromatic rings. The van der Waals surface area contributed by atoms with Crippen LogP contribution in [-0.4, -0.2) is 22.0 Å². The Morgan fingerprint density at radius 1 is 1.41 bits per heavy atom. The van der Waals surface area contributed by atoms with Gasteiger partial charge in [-0.05, 0) is 32.8 Å². The van der Waals surface area contributed by atoms with Gasteiger partial charge in [0.05, 0.1) is 0 Å². The lowest BCUT2D eigenvalue weighted by Crippen LogP contribution is -2.43. The van der Waals surface area contributed by atoms with E-state index in [2.05, 4.69) is 29.8 Å². The summed E-state index contributed by atoms with van der Waals surface area (Å²) < 4.78 is 0. The minimum atomic E-state index is 0.567. The van der Waals surface area contributed by atoms with Crippen molar-refractivity contribution in [2.24, 2.45) is 0 Å². The summed E-state index contributed by atoms with van der Waals surface area (Å²) in [6.45, 7) is 5.40. The Bertz CT molecular complexity index is 412. The molecule has 2 rings (SSSR count). The van der Waals surface area contributed by atoms with Crippen molar-refractivity contribution < 1.29 is 0 Å². The van der Waals surface area contributed by atoms with Crippen molar-refractivity contribution >= 4 is 0 Å². The van der Waals surface area contributed by atoms with E-state index in [-0.39, 0.29) is 0 Å². The highest BCUT2D eigenvalue weighted by Crippen LogP contribution is 2.24. The van der Waals surface area contributed by atoms with Crippen molar-refractivity contribution in [3.05, 3.63) is 29.6 Å². The summed E-state index contributed by atoms with van der Waals surface area (Å²) in [7, 11) is 0. The highest BCUT2D eigenvalue weighted by atomic mass is 15.2. The number of hydrogen-bond donors (Lipinski definition) is 0. The number of rotatable bonds is 2. The first-order valence-corrected chi connectivity index (χ1v) is 6.32. The van der Waals surface area contributed by atoms with Gasteiger partial charge in [0, 0.05) is 30.4 Å². The van der Waals surface area contributed by atoms with E-state index in [0.29, 0.717) is 17.8 Å². The summed E-state index contributed by atoms with van der Waals surface area (Å²) in [6, 6.07) is 7.31. The lowest BCUT2D eigenvalue weighted by Gasteiger charge is -2.39. The van der Waals surface area contributed by atoms with Crippen LogP contribution in [0.1, 0.15) is 44.4 Å². The third-order valence-corrected chi connectivity index (χ3v) is 3.73. The van der Waals surface area contributed by atoms with Crippen LogP contribution in [0.3, 0.4) is 0 Å². The molecule has 0 unspecified atom stereocenters. The fraction of sp³-hybridized carbons (Fsp3) is 0.571. The number of hydrogen-bond acceptors (Lipinski definition) is 3. The lowest BCUT2D eigenvalue weighted by molar-refractivity contribution is 0.0951. The third kappa shape index (κ3) is 2.65. The van der Waals surface area contributed by atoms with Gasteiger partial charge in [-0.15, -0.1) is 0 Å². The molecule has 90 valence electrons. The molecule has 1 aliphatic rings. The Morgan fingerprint density at radius 3 is 2.76 bits per heavy atom. The van der Waals surface area contributed by atoms with Crippen LogP contribution in [0.4, 0.5) is 0 Å². The zero-order valence-corrected chi connectivity index (χ0v) is 10.6. The zero-order valence-electron chi connectivity index (χ0n) is 10.6. The maximum atomic E-state index is 9.05. The van der Waals surface area contributed by atoms with Crippen LogP contribution in [0.25, 0.3) is 0 Å². The van der Waals surface area contributed by atoms with Crippen LogP contribution in [0.15, 0.2) is 18.3 Å². The maximum Gasteiger partial charge on any atom is 0.144 e. The number of likely N-dealkylation sites (tertiary alicyclic amines) is 1. The molecule has 0 saturated carbocycles. The molecule has 17 heavy (non-hydrogen) atoms. The normalized spacial score (nSPS) is 25.5. The van der Waals surface area contributed by atoms with E-state index in [1.165, 1.54) is 19.3 Å². The second-order valence-electron chi connectivity index (χ2n) is 4.92. The monoisotopic (exact) mass is 229 g/mol. The van der Waals surface area contributed by atoms with Crippen molar-refractivity contribution in [1.29, 1.82) is 5.26 Å². The van der Waals surface area contributed by atoms with Gasteiger partial charge in [-0.1, -0.05) is 12.5 Å². The lowest BCUT2D eigenvalue weighted by atomic mass is 9.96. The van der Waals surface area contributed by atoms with Crippen LogP contribution in [0.2, 0.25) is 0 Å². The summed E-state index contributed by atoms with van der Waals surface area (Å²) in [6.07, 6.45) is 5.51. The quantitative estimate of drug-likeness (QED) is 0.782. The molecule has 0 N–H and O–H groups in total. The molecule has 1 aromatic heterocycles. The highest BCUT2D eigenvalue weighted by Gasteiger charge is 2.25. The average molecular weight is 229 g/mol. The van der Waals surface area contributed by atoms with Crippen LogP contribution in [0, 0.1) is 11.3 Å². The van der Waals surface area contributed by atoms with Gasteiger partial charge >= 0.3 is 0 Å². The Hall–Kier alpha value is -1.40. The van der Waals surface area contributed by atoms with Gasteiger partial charge in [-0.2, -0.15) is 5.26 Å². The third-order valence-electron chi connectivity index (χ3n) is 3.73. The minimum absolute atomic E-state index is 0.567. The Balaban J connectivity index is 2.17. The number of piperidine rings is 1. The van der Waals surface area contributed by atoms with Crippen molar-refractivity contribution in [3.8, 4) is 6.07 Å². The van der Waals surface area contributed by atoms with Crippen molar-refractivity contribution in [1.82, 2.24) is 9.88 Å². The fourth-order valence-corrected chi connectivity index (χ4v) is 2.65. The molecular formula is C14H19N3. The maximum absolute atomic E-state index is 9.05. The van der Waals surface area contributed by atoms with Gasteiger partial charge in [-0.25, -0.2) is 4.98 Å². The Morgan fingerprint density at radius 2 is 2.12 bits per heavy atom. The number of pyridine rings is 1. The van der Waals surface area contributed by atoms with E-state index < -0.39 is 0 Å². The Labute approximate surface area is 103 Å². The smallest absolute Gasteiger partial charge is 0.144 e. The van der Waals surface area contributed by atoms with Gasteiger partial charge in [0.15, 0.2) is 0 Å². The molecule has 1 fully saturated rings. The molecule has 0 spiro atoms. The molecule has 0 radical (unpaired) electrons. The molecule has 0 bridgehead atoms. The fourth-order valence-electron chi connectivity index (χ4n) is 2.65. The second-order valence-corrected chi connectivity index (χ2v) is 4.92. The molecular weight excluding hydrogens is 210 g/mol. The molecule has 2 atom stereocenters. The zero-order chi connectivity index (χ0) is 12.3. The first-order chi connectivity index (χ1) is 8.22. The number of aromatic nitrogens is 1. The number of nitriles is 1. The minimum Gasteiger partial charge on any atom is -0.294 e. The molecule has 0 aliphatic carbocycles. The van der Waals surface area contributed by atoms with Gasteiger partial charge in [0.1, 0.15) is 11.8 Å². The van der Waals surface area contributed by atoms with Gasteiger partial charge in [-0.3, -0.25) is 4.90 Å². The van der Waals surface area contributed by atoms with Gasteiger partial charge < -0.3 is 0 Å². The summed E-state index contributed by atoms with van der Waals surface area (Å²) in [5, 5.41) is 9.05. The van der Waals surface area contributed by atoms with E-state index in [1.807, 2.05) is 12.1 Å². The van der Waals surface area contributed by atoms with E-state index in [0.717, 1.165) is 12.1 Å². The molecule has 0 aromatic carbocycles. The van der Waals surface area contributed by atoms with Gasteiger partial charge in [0.2, 0.25) is 0 Å². The standard InChI is InChI=1S/C14H19N3/c1-11-5-3-6-12(2)17(11)10-13-7-4-8-16-14(13)9-15/h4,7-8,11-12H,3,5-6,10H2,1-2H3/t11-,12+. The van der Waals surface area contributed by atoms with Crippen molar-refractivity contribution in [2.45, 2.75) is 51.7 Å². The molecule has 0 amide bonds. The predicted octanol–water partition coefficient (Wildman–Crippen LogP) is 2.72. The second kappa shape index (κ2) is 5.29. The van der Waals surface area contributed by atoms with Crippen LogP contribution in [-0.2, 0) is 6.54 Å². The summed E-state index contributed by atoms with van der Waals surface area (Å²) >= 11 is 0. The van der Waals surface area contributed by atoms with Crippen molar-refractivity contribution in [3.63, 3.8) is 0 Å². The average Bonchev–Trinajstić information content (AvgIpc) is 2.34. The largest absolute Gasteiger partial charge is 0.294 e. The van der Waals surface area contributed by atoms with E-state index in [1.54, 1.807) is 6.20 Å².